The van der Waals surface area contributed by atoms with Crippen molar-refractivity contribution in [3.05, 3.63) is 0 Å². The second-order valence-electron chi connectivity index (χ2n) is 6.50. The lowest BCUT2D eigenvalue weighted by Crippen LogP contribution is -2.32. The number of carbonyl (C=O) groups is 1. The summed E-state index contributed by atoms with van der Waals surface area (Å²) in [5.41, 5.74) is 0. The number of phosphoric ester groups is 1. The van der Waals surface area contributed by atoms with Crippen molar-refractivity contribution in [1.82, 2.24) is 0 Å². The van der Waals surface area contributed by atoms with Crippen molar-refractivity contribution >= 4 is 29.5 Å². The molecule has 26 heavy (non-hydrogen) atoms. The van der Waals surface area contributed by atoms with E-state index in [0.29, 0.717) is 12.8 Å². The molecule has 2 aliphatic rings. The first-order valence-electron chi connectivity index (χ1n) is 8.67. The van der Waals surface area contributed by atoms with Crippen molar-refractivity contribution < 1.29 is 37.1 Å². The summed E-state index contributed by atoms with van der Waals surface area (Å²) in [6.45, 7) is 4.89. The number of hydrogen-bond acceptors (Lipinski definition) is 8. The molecular weight excluding hydrogens is 361 g/mol. The summed E-state index contributed by atoms with van der Waals surface area (Å²) in [5, 5.41) is 0. The smallest absolute Gasteiger partial charge is 0.460 e. The zero-order chi connectivity index (χ0) is 19.5. The number of ether oxygens (including phenoxy) is 3. The number of carbonyl (C=O) groups excluding carboxylic acids is 1. The van der Waals surface area contributed by atoms with Crippen molar-refractivity contribution in [2.24, 2.45) is 5.92 Å². The van der Waals surface area contributed by atoms with Gasteiger partial charge in [0.25, 0.3) is 0 Å². The van der Waals surface area contributed by atoms with Gasteiger partial charge in [0, 0.05) is 38.4 Å². The van der Waals surface area contributed by atoms with Gasteiger partial charge in [-0.3, -0.25) is 18.4 Å². The minimum Gasteiger partial charge on any atom is -0.460 e. The molecule has 0 bridgehead atoms. The Balaban J connectivity index is 1.98. The molecule has 4 radical (unpaired) electrons. The Labute approximate surface area is 157 Å². The Morgan fingerprint density at radius 3 is 2.54 bits per heavy atom. The van der Waals surface area contributed by atoms with Crippen LogP contribution in [-0.2, 0) is 37.1 Å². The molecule has 1 unspecified atom stereocenters. The second kappa shape index (κ2) is 9.22. The van der Waals surface area contributed by atoms with Gasteiger partial charge in [-0.1, -0.05) is 13.8 Å². The predicted molar refractivity (Wildman–Crippen MR) is 93.9 cm³/mol. The van der Waals surface area contributed by atoms with Crippen LogP contribution < -0.4 is 0 Å². The molecule has 2 aliphatic heterocycles. The summed E-state index contributed by atoms with van der Waals surface area (Å²) in [4.78, 5) is 11.2. The van der Waals surface area contributed by atoms with Crippen LogP contribution in [0.2, 0.25) is 0 Å². The molecule has 0 spiro atoms. The van der Waals surface area contributed by atoms with Crippen molar-refractivity contribution in [3.8, 4) is 0 Å². The maximum absolute atomic E-state index is 12.9. The summed E-state index contributed by atoms with van der Waals surface area (Å²) in [6, 6.07) is -1.11. The number of phosphoric acid groups is 1. The molecule has 2 rings (SSSR count). The van der Waals surface area contributed by atoms with Gasteiger partial charge in [0.2, 0.25) is 0 Å². The number of esters is 1. The van der Waals surface area contributed by atoms with Crippen LogP contribution in [0.3, 0.4) is 0 Å². The lowest BCUT2D eigenvalue weighted by atomic mass is 9.86. The lowest BCUT2D eigenvalue weighted by Gasteiger charge is -2.26. The zero-order valence-corrected chi connectivity index (χ0v) is 16.4. The van der Waals surface area contributed by atoms with Gasteiger partial charge in [-0.2, -0.15) is 0 Å². The van der Waals surface area contributed by atoms with Crippen molar-refractivity contribution in [2.75, 3.05) is 13.7 Å². The zero-order valence-electron chi connectivity index (χ0n) is 15.5. The van der Waals surface area contributed by atoms with Crippen LogP contribution in [0.1, 0.15) is 33.6 Å². The normalized spacial score (nSPS) is 39.6. The summed E-state index contributed by atoms with van der Waals surface area (Å²) in [5.74, 6) is -0.641. The molecule has 0 aromatic rings. The molecule has 0 saturated carbocycles. The lowest BCUT2D eigenvalue weighted by molar-refractivity contribution is -0.149. The Bertz CT molecular complexity index is 536. The topological polar surface area (TPSA) is 89.5 Å². The first-order chi connectivity index (χ1) is 12.2. The standard InChI is InChI=1S/C15H25B2O8P/c1-5-10-14(8(2)15(17)24-10)25-26(19,20-4)21-7-12-11(22-9(3)18)6-13(16)23-12/h8,10-15H,5-7H2,1-4H3/t8-,10-,11+,12-,13-,14+,15-,26?/m1/s1. The van der Waals surface area contributed by atoms with E-state index in [1.54, 1.807) is 0 Å². The SMILES string of the molecule is [B][C@@H]1O[C@H](CC)[C@@H](OP(=O)(OC)OC[C@H]2O[C@@H]([B])C[C@@H]2OC(C)=O)[C@H]1C. The van der Waals surface area contributed by atoms with Crippen LogP contribution in [0.5, 0.6) is 0 Å². The van der Waals surface area contributed by atoms with Crippen molar-refractivity contribution in [2.45, 2.75) is 70.0 Å². The van der Waals surface area contributed by atoms with Gasteiger partial charge in [0.05, 0.1) is 18.8 Å². The largest absolute Gasteiger partial charge is 0.474 e. The molecule has 0 N–H and O–H groups in total. The minimum atomic E-state index is -3.89. The summed E-state index contributed by atoms with van der Waals surface area (Å²) in [7, 11) is 8.96. The molecule has 11 heteroatoms. The summed E-state index contributed by atoms with van der Waals surface area (Å²) < 4.78 is 45.1. The monoisotopic (exact) mass is 386 g/mol. The highest BCUT2D eigenvalue weighted by atomic mass is 31.2. The fraction of sp³-hybridized carbons (Fsp3) is 0.933. The molecule has 144 valence electrons. The Kier molecular flexibility index (Phi) is 7.77. The quantitative estimate of drug-likeness (QED) is 0.351. The average molecular weight is 386 g/mol. The number of hydrogen-bond donors (Lipinski definition) is 0. The third-order valence-corrected chi connectivity index (χ3v) is 5.97. The molecule has 2 heterocycles. The van der Waals surface area contributed by atoms with Crippen molar-refractivity contribution in [1.29, 1.82) is 0 Å². The Hall–Kier alpha value is -0.370. The fourth-order valence-corrected chi connectivity index (χ4v) is 4.30. The summed E-state index contributed by atoms with van der Waals surface area (Å²) >= 11 is 0. The molecule has 8 atom stereocenters. The molecule has 2 fully saturated rings. The number of rotatable bonds is 8. The first-order valence-corrected chi connectivity index (χ1v) is 10.1. The van der Waals surface area contributed by atoms with Crippen LogP contribution in [0, 0.1) is 5.92 Å². The van der Waals surface area contributed by atoms with E-state index in [0.717, 1.165) is 0 Å². The van der Waals surface area contributed by atoms with E-state index in [9.17, 15) is 9.36 Å². The van der Waals surface area contributed by atoms with E-state index >= 15 is 0 Å². The summed E-state index contributed by atoms with van der Waals surface area (Å²) in [6.07, 6.45) is -1.12. The highest BCUT2D eigenvalue weighted by molar-refractivity contribution is 7.48. The Morgan fingerprint density at radius 2 is 1.96 bits per heavy atom. The van der Waals surface area contributed by atoms with Crippen LogP contribution >= 0.6 is 7.82 Å². The van der Waals surface area contributed by atoms with Gasteiger partial charge < -0.3 is 14.2 Å². The highest BCUT2D eigenvalue weighted by Crippen LogP contribution is 2.53. The van der Waals surface area contributed by atoms with Gasteiger partial charge in [0.1, 0.15) is 27.9 Å². The van der Waals surface area contributed by atoms with Crippen LogP contribution in [0.4, 0.5) is 0 Å². The van der Waals surface area contributed by atoms with E-state index in [1.807, 2.05) is 13.8 Å². The molecule has 8 nitrogen and oxygen atoms in total. The maximum atomic E-state index is 12.9. The highest BCUT2D eigenvalue weighted by Gasteiger charge is 2.45. The van der Waals surface area contributed by atoms with Crippen LogP contribution in [0.15, 0.2) is 0 Å². The molecule has 0 aromatic heterocycles. The van der Waals surface area contributed by atoms with Crippen LogP contribution in [-0.4, -0.2) is 71.8 Å². The minimum absolute atomic E-state index is 0.165. The molecule has 0 aromatic carbocycles. The van der Waals surface area contributed by atoms with E-state index in [4.69, 9.17) is 43.5 Å². The molecule has 0 aliphatic carbocycles. The second-order valence-corrected chi connectivity index (χ2v) is 8.23. The van der Waals surface area contributed by atoms with Crippen LogP contribution in [0.25, 0.3) is 0 Å². The Morgan fingerprint density at radius 1 is 1.27 bits per heavy atom. The maximum Gasteiger partial charge on any atom is 0.474 e. The van der Waals surface area contributed by atoms with Crippen molar-refractivity contribution in [3.63, 3.8) is 0 Å². The average Bonchev–Trinajstić information content (AvgIpc) is 3.06. The molecular formula is C15H25B2O8P. The van der Waals surface area contributed by atoms with Gasteiger partial charge in [-0.05, 0) is 6.42 Å². The third kappa shape index (κ3) is 5.33. The molecule has 0 amide bonds. The van der Waals surface area contributed by atoms with Gasteiger partial charge in [0.15, 0.2) is 0 Å². The van der Waals surface area contributed by atoms with E-state index < -0.39 is 44.1 Å². The van der Waals surface area contributed by atoms with E-state index in [1.165, 1.54) is 14.0 Å². The predicted octanol–water partition coefficient (Wildman–Crippen LogP) is 1.30. The van der Waals surface area contributed by atoms with Gasteiger partial charge in [-0.25, -0.2) is 4.57 Å². The third-order valence-electron chi connectivity index (χ3n) is 4.55. The van der Waals surface area contributed by atoms with E-state index in [-0.39, 0.29) is 18.6 Å². The van der Waals surface area contributed by atoms with E-state index in [2.05, 4.69) is 0 Å². The first kappa shape index (κ1) is 21.9. The van der Waals surface area contributed by atoms with Gasteiger partial charge >= 0.3 is 13.8 Å². The fourth-order valence-electron chi connectivity index (χ4n) is 3.09. The van der Waals surface area contributed by atoms with Gasteiger partial charge in [-0.15, -0.1) is 0 Å². The molecule has 2 saturated heterocycles.